The van der Waals surface area contributed by atoms with Crippen LogP contribution in [-0.4, -0.2) is 48.7 Å². The van der Waals surface area contributed by atoms with Crippen LogP contribution in [0.1, 0.15) is 32.8 Å². The second-order valence-corrected chi connectivity index (χ2v) is 7.30. The Morgan fingerprint density at radius 3 is 2.71 bits per heavy atom. The van der Waals surface area contributed by atoms with Crippen LogP contribution < -0.4 is 9.64 Å². The van der Waals surface area contributed by atoms with Crippen molar-refractivity contribution >= 4 is 17.7 Å². The maximum absolute atomic E-state index is 12.5. The lowest BCUT2D eigenvalue weighted by Gasteiger charge is -2.27. The first-order valence-electron chi connectivity index (χ1n) is 8.25. The van der Waals surface area contributed by atoms with Crippen molar-refractivity contribution < 1.29 is 19.1 Å². The van der Waals surface area contributed by atoms with E-state index in [2.05, 4.69) is 0 Å². The summed E-state index contributed by atoms with van der Waals surface area (Å²) >= 11 is 0. The SMILES string of the molecule is COc1ccc2c(c1)N([C@H]1CCN(C(=O)OC(C)(C)C)C1)C(=O)C2. The first-order chi connectivity index (χ1) is 11.3. The van der Waals surface area contributed by atoms with Crippen molar-refractivity contribution in [2.75, 3.05) is 25.1 Å². The minimum Gasteiger partial charge on any atom is -0.497 e. The van der Waals surface area contributed by atoms with Crippen LogP contribution in [0.4, 0.5) is 10.5 Å². The van der Waals surface area contributed by atoms with Gasteiger partial charge in [-0.25, -0.2) is 4.79 Å². The van der Waals surface area contributed by atoms with E-state index in [4.69, 9.17) is 9.47 Å². The lowest BCUT2D eigenvalue weighted by atomic mass is 10.1. The van der Waals surface area contributed by atoms with Gasteiger partial charge in [-0.15, -0.1) is 0 Å². The Balaban J connectivity index is 1.75. The number of likely N-dealkylation sites (tertiary alicyclic amines) is 1. The second-order valence-electron chi connectivity index (χ2n) is 7.30. The van der Waals surface area contributed by atoms with Crippen LogP contribution >= 0.6 is 0 Å². The summed E-state index contributed by atoms with van der Waals surface area (Å²) in [6, 6.07) is 5.69. The lowest BCUT2D eigenvalue weighted by molar-refractivity contribution is -0.117. The largest absolute Gasteiger partial charge is 0.497 e. The third-order valence-corrected chi connectivity index (χ3v) is 4.34. The van der Waals surface area contributed by atoms with E-state index in [1.165, 1.54) is 0 Å². The van der Waals surface area contributed by atoms with Crippen molar-refractivity contribution in [3.63, 3.8) is 0 Å². The monoisotopic (exact) mass is 332 g/mol. The van der Waals surface area contributed by atoms with Crippen molar-refractivity contribution in [2.24, 2.45) is 0 Å². The van der Waals surface area contributed by atoms with E-state index < -0.39 is 5.60 Å². The Hall–Kier alpha value is -2.24. The van der Waals surface area contributed by atoms with E-state index in [0.29, 0.717) is 19.5 Å². The molecule has 0 radical (unpaired) electrons. The van der Waals surface area contributed by atoms with Crippen LogP contribution in [-0.2, 0) is 16.0 Å². The molecule has 6 nitrogen and oxygen atoms in total. The standard InChI is InChI=1S/C18H24N2O4/c1-18(2,3)24-17(22)19-8-7-13(11-19)20-15-10-14(23-4)6-5-12(15)9-16(20)21/h5-6,10,13H,7-9,11H2,1-4H3/t13-/m0/s1. The number of ether oxygens (including phenoxy) is 2. The van der Waals surface area contributed by atoms with E-state index >= 15 is 0 Å². The van der Waals surface area contributed by atoms with Gasteiger partial charge in [-0.05, 0) is 38.8 Å². The van der Waals surface area contributed by atoms with Crippen molar-refractivity contribution in [2.45, 2.75) is 45.3 Å². The zero-order valence-electron chi connectivity index (χ0n) is 14.7. The number of carbonyl (C=O) groups is 2. The van der Waals surface area contributed by atoms with Crippen molar-refractivity contribution in [1.29, 1.82) is 0 Å². The summed E-state index contributed by atoms with van der Waals surface area (Å²) in [4.78, 5) is 28.2. The van der Waals surface area contributed by atoms with Gasteiger partial charge in [0.25, 0.3) is 0 Å². The number of amides is 2. The smallest absolute Gasteiger partial charge is 0.410 e. The van der Waals surface area contributed by atoms with Crippen molar-refractivity contribution in [3.05, 3.63) is 23.8 Å². The normalized spacial score (nSPS) is 20.3. The summed E-state index contributed by atoms with van der Waals surface area (Å²) in [7, 11) is 1.61. The molecule has 0 bridgehead atoms. The lowest BCUT2D eigenvalue weighted by Crippen LogP contribution is -2.42. The molecule has 1 fully saturated rings. The molecule has 2 heterocycles. The Labute approximate surface area is 142 Å². The molecule has 24 heavy (non-hydrogen) atoms. The number of fused-ring (bicyclic) bond motifs is 1. The maximum Gasteiger partial charge on any atom is 0.410 e. The van der Waals surface area contributed by atoms with Gasteiger partial charge in [-0.1, -0.05) is 6.07 Å². The minimum absolute atomic E-state index is 0.0154. The molecular weight excluding hydrogens is 308 g/mol. The topological polar surface area (TPSA) is 59.1 Å². The Kier molecular flexibility index (Phi) is 4.15. The zero-order chi connectivity index (χ0) is 17.5. The average molecular weight is 332 g/mol. The summed E-state index contributed by atoms with van der Waals surface area (Å²) in [6.45, 7) is 6.65. The molecule has 3 rings (SSSR count). The van der Waals surface area contributed by atoms with Crippen LogP contribution in [0.25, 0.3) is 0 Å². The highest BCUT2D eigenvalue weighted by molar-refractivity contribution is 6.02. The highest BCUT2D eigenvalue weighted by Crippen LogP contribution is 2.36. The molecule has 0 N–H and O–H groups in total. The van der Waals surface area contributed by atoms with Gasteiger partial charge in [0.05, 0.1) is 25.3 Å². The summed E-state index contributed by atoms with van der Waals surface area (Å²) in [5.74, 6) is 0.810. The van der Waals surface area contributed by atoms with E-state index in [1.807, 2.05) is 43.9 Å². The van der Waals surface area contributed by atoms with Crippen LogP contribution in [0.5, 0.6) is 5.75 Å². The van der Waals surface area contributed by atoms with E-state index in [0.717, 1.165) is 23.4 Å². The van der Waals surface area contributed by atoms with Gasteiger partial charge in [0, 0.05) is 19.2 Å². The summed E-state index contributed by atoms with van der Waals surface area (Å²) in [6.07, 6.45) is 0.840. The molecule has 1 saturated heterocycles. The van der Waals surface area contributed by atoms with E-state index in [9.17, 15) is 9.59 Å². The molecule has 1 aromatic carbocycles. The molecule has 0 spiro atoms. The van der Waals surface area contributed by atoms with Gasteiger partial charge in [0.15, 0.2) is 0 Å². The molecule has 2 aliphatic heterocycles. The number of rotatable bonds is 2. The van der Waals surface area contributed by atoms with E-state index in [-0.39, 0.29) is 18.0 Å². The number of benzene rings is 1. The maximum atomic E-state index is 12.5. The average Bonchev–Trinajstić information content (AvgIpc) is 3.07. The first kappa shape index (κ1) is 16.6. The molecule has 0 aliphatic carbocycles. The third-order valence-electron chi connectivity index (χ3n) is 4.34. The molecular formula is C18H24N2O4. The molecule has 0 saturated carbocycles. The molecule has 2 aliphatic rings. The summed E-state index contributed by atoms with van der Waals surface area (Å²) in [5, 5.41) is 0. The minimum atomic E-state index is -0.515. The molecule has 0 unspecified atom stereocenters. The number of anilines is 1. The van der Waals surface area contributed by atoms with Crippen LogP contribution in [0, 0.1) is 0 Å². The molecule has 1 aromatic rings. The van der Waals surface area contributed by atoms with Gasteiger partial charge in [0.2, 0.25) is 5.91 Å². The third kappa shape index (κ3) is 3.18. The van der Waals surface area contributed by atoms with Gasteiger partial charge in [0.1, 0.15) is 11.4 Å². The number of hydrogen-bond acceptors (Lipinski definition) is 4. The number of nitrogens with zero attached hydrogens (tertiary/aromatic N) is 2. The van der Waals surface area contributed by atoms with Gasteiger partial charge in [-0.3, -0.25) is 4.79 Å². The van der Waals surface area contributed by atoms with Crippen LogP contribution in [0.2, 0.25) is 0 Å². The van der Waals surface area contributed by atoms with Gasteiger partial charge < -0.3 is 19.3 Å². The number of carbonyl (C=O) groups excluding carboxylic acids is 2. The number of hydrogen-bond donors (Lipinski definition) is 0. The Morgan fingerprint density at radius 2 is 2.04 bits per heavy atom. The van der Waals surface area contributed by atoms with Crippen LogP contribution in [0.3, 0.4) is 0 Å². The first-order valence-corrected chi connectivity index (χ1v) is 8.25. The predicted molar refractivity (Wildman–Crippen MR) is 90.4 cm³/mol. The highest BCUT2D eigenvalue weighted by Gasteiger charge is 2.39. The molecule has 6 heteroatoms. The fourth-order valence-electron chi connectivity index (χ4n) is 3.27. The Bertz CT molecular complexity index is 665. The molecule has 130 valence electrons. The molecule has 2 amide bonds. The zero-order valence-corrected chi connectivity index (χ0v) is 14.7. The van der Waals surface area contributed by atoms with Crippen molar-refractivity contribution in [3.8, 4) is 5.75 Å². The van der Waals surface area contributed by atoms with E-state index in [1.54, 1.807) is 12.0 Å². The highest BCUT2D eigenvalue weighted by atomic mass is 16.6. The van der Waals surface area contributed by atoms with Crippen molar-refractivity contribution in [1.82, 2.24) is 4.90 Å². The molecule has 0 aromatic heterocycles. The van der Waals surface area contributed by atoms with Crippen LogP contribution in [0.15, 0.2) is 18.2 Å². The summed E-state index contributed by atoms with van der Waals surface area (Å²) in [5.41, 5.74) is 1.39. The quantitative estimate of drug-likeness (QED) is 0.835. The molecule has 1 atom stereocenters. The Morgan fingerprint density at radius 1 is 1.29 bits per heavy atom. The predicted octanol–water partition coefficient (Wildman–Crippen LogP) is 2.59. The summed E-state index contributed by atoms with van der Waals surface area (Å²) < 4.78 is 10.7. The fraction of sp³-hybridized carbons (Fsp3) is 0.556. The second kappa shape index (κ2) is 6.00. The fourth-order valence-corrected chi connectivity index (χ4v) is 3.27. The number of methoxy groups -OCH3 is 1. The van der Waals surface area contributed by atoms with Gasteiger partial charge in [-0.2, -0.15) is 0 Å². The van der Waals surface area contributed by atoms with Gasteiger partial charge >= 0.3 is 6.09 Å².